The third-order valence-corrected chi connectivity index (χ3v) is 6.18. The van der Waals surface area contributed by atoms with Gasteiger partial charge in [0.15, 0.2) is 0 Å². The second-order valence-electron chi connectivity index (χ2n) is 7.97. The molecular weight excluding hydrogens is 366 g/mol. The quantitative estimate of drug-likeness (QED) is 0.829. The number of likely N-dealkylation sites (tertiary alicyclic amines) is 2. The van der Waals surface area contributed by atoms with Gasteiger partial charge in [-0.1, -0.05) is 0 Å². The van der Waals surface area contributed by atoms with E-state index in [-0.39, 0.29) is 42.0 Å². The zero-order chi connectivity index (χ0) is 18.1. The lowest BCUT2D eigenvalue weighted by atomic mass is 9.88. The molecule has 3 fully saturated rings. The molecule has 150 valence electrons. The van der Waals surface area contributed by atoms with Crippen LogP contribution in [0.2, 0.25) is 0 Å². The van der Waals surface area contributed by atoms with Crippen molar-refractivity contribution in [2.75, 3.05) is 39.3 Å². The Kier molecular flexibility index (Phi) is 6.42. The van der Waals surface area contributed by atoms with E-state index in [9.17, 15) is 9.59 Å². The fraction of sp³-hybridized carbons (Fsp3) is 0.737. The first-order chi connectivity index (χ1) is 12.6. The van der Waals surface area contributed by atoms with Crippen molar-refractivity contribution in [3.8, 4) is 0 Å². The second-order valence-corrected chi connectivity index (χ2v) is 7.97. The average molecular weight is 396 g/mol. The molecular formula is C19H30ClN5O2. The van der Waals surface area contributed by atoms with Gasteiger partial charge in [-0.15, -0.1) is 12.4 Å². The van der Waals surface area contributed by atoms with Crippen molar-refractivity contribution in [3.63, 3.8) is 0 Å². The zero-order valence-corrected chi connectivity index (χ0v) is 16.8. The molecule has 0 aliphatic carbocycles. The molecule has 4 heterocycles. The summed E-state index contributed by atoms with van der Waals surface area (Å²) in [7, 11) is 1.90. The van der Waals surface area contributed by atoms with Crippen LogP contribution in [-0.2, 0) is 16.6 Å². The summed E-state index contributed by atoms with van der Waals surface area (Å²) in [4.78, 5) is 29.9. The highest BCUT2D eigenvalue weighted by molar-refractivity contribution is 5.85. The predicted octanol–water partition coefficient (Wildman–Crippen LogP) is 1.01. The summed E-state index contributed by atoms with van der Waals surface area (Å²) in [6.45, 7) is 4.66. The third kappa shape index (κ3) is 4.14. The Bertz CT molecular complexity index is 673. The smallest absolute Gasteiger partial charge is 0.227 e. The maximum absolute atomic E-state index is 13.2. The number of rotatable bonds is 3. The molecule has 0 aromatic carbocycles. The highest BCUT2D eigenvalue weighted by Crippen LogP contribution is 2.31. The predicted molar refractivity (Wildman–Crippen MR) is 105 cm³/mol. The molecule has 3 aliphatic rings. The van der Waals surface area contributed by atoms with Gasteiger partial charge in [0.25, 0.3) is 0 Å². The minimum absolute atomic E-state index is 0. The van der Waals surface area contributed by atoms with E-state index < -0.39 is 0 Å². The Hall–Kier alpha value is -1.60. The van der Waals surface area contributed by atoms with Crippen LogP contribution < -0.4 is 5.32 Å². The molecule has 2 amide bonds. The number of nitrogens with zero attached hydrogens (tertiary/aromatic N) is 4. The average Bonchev–Trinajstić information content (AvgIpc) is 3.41. The summed E-state index contributed by atoms with van der Waals surface area (Å²) in [5, 5.41) is 7.63. The maximum atomic E-state index is 13.2. The summed E-state index contributed by atoms with van der Waals surface area (Å²) in [5.74, 6) is 0.554. The van der Waals surface area contributed by atoms with E-state index in [0.717, 1.165) is 57.4 Å². The highest BCUT2D eigenvalue weighted by atomic mass is 35.5. The Morgan fingerprint density at radius 1 is 1.07 bits per heavy atom. The Balaban J connectivity index is 0.00000210. The molecule has 7 nitrogen and oxygen atoms in total. The van der Waals surface area contributed by atoms with Crippen LogP contribution in [0, 0.1) is 11.8 Å². The summed E-state index contributed by atoms with van der Waals surface area (Å²) in [5.41, 5.74) is 1.12. The fourth-order valence-electron chi connectivity index (χ4n) is 4.73. The topological polar surface area (TPSA) is 70.5 Å². The van der Waals surface area contributed by atoms with E-state index in [1.807, 2.05) is 29.2 Å². The van der Waals surface area contributed by atoms with Crippen molar-refractivity contribution < 1.29 is 9.59 Å². The van der Waals surface area contributed by atoms with Gasteiger partial charge in [-0.3, -0.25) is 14.3 Å². The summed E-state index contributed by atoms with van der Waals surface area (Å²) < 4.78 is 1.79. The van der Waals surface area contributed by atoms with Crippen LogP contribution in [0.3, 0.4) is 0 Å². The highest BCUT2D eigenvalue weighted by Gasteiger charge is 2.39. The van der Waals surface area contributed by atoms with Crippen LogP contribution in [0.5, 0.6) is 0 Å². The molecule has 1 aromatic rings. The number of halogens is 1. The Morgan fingerprint density at radius 3 is 2.52 bits per heavy atom. The number of hydrogen-bond acceptors (Lipinski definition) is 4. The SMILES string of the molecule is Cl.Cn1cc([C@H]2CNC[C@@H]2C(=O)N2CCCC(C(=O)N3CCCC3)C2)cn1. The molecule has 1 aromatic heterocycles. The van der Waals surface area contributed by atoms with Crippen LogP contribution in [0.25, 0.3) is 0 Å². The van der Waals surface area contributed by atoms with Crippen molar-refractivity contribution in [1.82, 2.24) is 24.9 Å². The summed E-state index contributed by atoms with van der Waals surface area (Å²) >= 11 is 0. The first kappa shape index (κ1) is 20.1. The number of hydrogen-bond donors (Lipinski definition) is 1. The van der Waals surface area contributed by atoms with Gasteiger partial charge in [-0.25, -0.2) is 0 Å². The number of amides is 2. The molecule has 8 heteroatoms. The summed E-state index contributed by atoms with van der Waals surface area (Å²) in [6.07, 6.45) is 7.94. The van der Waals surface area contributed by atoms with Crippen LogP contribution in [0.1, 0.15) is 37.2 Å². The van der Waals surface area contributed by atoms with Crippen LogP contribution in [-0.4, -0.2) is 70.7 Å². The van der Waals surface area contributed by atoms with Crippen molar-refractivity contribution in [2.45, 2.75) is 31.6 Å². The molecule has 0 radical (unpaired) electrons. The zero-order valence-electron chi connectivity index (χ0n) is 16.0. The largest absolute Gasteiger partial charge is 0.342 e. The number of nitrogens with one attached hydrogen (secondary N) is 1. The van der Waals surface area contributed by atoms with Gasteiger partial charge in [0.1, 0.15) is 0 Å². The lowest BCUT2D eigenvalue weighted by Gasteiger charge is -2.36. The first-order valence-corrected chi connectivity index (χ1v) is 9.90. The lowest BCUT2D eigenvalue weighted by molar-refractivity contribution is -0.142. The standard InChI is InChI=1S/C19H29N5O2.ClH/c1-22-12-15(9-21-22)16-10-20-11-17(16)19(26)24-8-4-5-14(13-24)18(25)23-6-2-3-7-23;/h9,12,14,16-17,20H,2-8,10-11,13H2,1H3;1H/t14?,16-,17+;/m1./s1. The van der Waals surface area contributed by atoms with E-state index >= 15 is 0 Å². The van der Waals surface area contributed by atoms with E-state index in [1.165, 1.54) is 0 Å². The molecule has 0 saturated carbocycles. The van der Waals surface area contributed by atoms with Crippen LogP contribution in [0.15, 0.2) is 12.4 Å². The molecule has 1 unspecified atom stereocenters. The van der Waals surface area contributed by atoms with Gasteiger partial charge >= 0.3 is 0 Å². The second kappa shape index (κ2) is 8.61. The molecule has 4 rings (SSSR count). The van der Waals surface area contributed by atoms with Crippen LogP contribution >= 0.6 is 12.4 Å². The van der Waals surface area contributed by atoms with Crippen molar-refractivity contribution in [3.05, 3.63) is 18.0 Å². The summed E-state index contributed by atoms with van der Waals surface area (Å²) in [6, 6.07) is 0. The van der Waals surface area contributed by atoms with E-state index in [2.05, 4.69) is 10.4 Å². The van der Waals surface area contributed by atoms with Gasteiger partial charge in [-0.05, 0) is 31.2 Å². The van der Waals surface area contributed by atoms with Gasteiger partial charge in [0, 0.05) is 58.4 Å². The monoisotopic (exact) mass is 395 g/mol. The van der Waals surface area contributed by atoms with E-state index in [4.69, 9.17) is 0 Å². The normalized spacial score (nSPS) is 28.3. The number of aromatic nitrogens is 2. The van der Waals surface area contributed by atoms with Crippen LogP contribution in [0.4, 0.5) is 0 Å². The van der Waals surface area contributed by atoms with Gasteiger partial charge < -0.3 is 15.1 Å². The minimum Gasteiger partial charge on any atom is -0.342 e. The number of carbonyl (C=O) groups is 2. The molecule has 3 saturated heterocycles. The molecule has 3 atom stereocenters. The molecule has 1 N–H and O–H groups in total. The molecule has 0 spiro atoms. The fourth-order valence-corrected chi connectivity index (χ4v) is 4.73. The van der Waals surface area contributed by atoms with E-state index in [1.54, 1.807) is 4.68 Å². The molecule has 3 aliphatic heterocycles. The number of aryl methyl sites for hydroxylation is 1. The van der Waals surface area contributed by atoms with Crippen molar-refractivity contribution >= 4 is 24.2 Å². The van der Waals surface area contributed by atoms with E-state index in [0.29, 0.717) is 13.1 Å². The Labute approximate surface area is 166 Å². The third-order valence-electron chi connectivity index (χ3n) is 6.18. The number of carbonyl (C=O) groups excluding carboxylic acids is 2. The maximum Gasteiger partial charge on any atom is 0.227 e. The molecule has 27 heavy (non-hydrogen) atoms. The van der Waals surface area contributed by atoms with Gasteiger partial charge in [-0.2, -0.15) is 5.10 Å². The van der Waals surface area contributed by atoms with Crippen molar-refractivity contribution in [2.24, 2.45) is 18.9 Å². The lowest BCUT2D eigenvalue weighted by Crippen LogP contribution is -2.48. The van der Waals surface area contributed by atoms with Gasteiger partial charge in [0.05, 0.1) is 18.0 Å². The Morgan fingerprint density at radius 2 is 1.81 bits per heavy atom. The minimum atomic E-state index is -0.0557. The number of piperidine rings is 1. The van der Waals surface area contributed by atoms with Gasteiger partial charge in [0.2, 0.25) is 11.8 Å². The van der Waals surface area contributed by atoms with Crippen molar-refractivity contribution in [1.29, 1.82) is 0 Å². The molecule has 0 bridgehead atoms. The first-order valence-electron chi connectivity index (χ1n) is 9.90.